The number of rotatable bonds is 8. The molecule has 4 heteroatoms. The second kappa shape index (κ2) is 9.51. The van der Waals surface area contributed by atoms with Crippen molar-refractivity contribution >= 4 is 6.08 Å². The number of furan rings is 1. The number of aryl methyl sites for hydroxylation is 1. The lowest BCUT2D eigenvalue weighted by atomic mass is 9.73. The summed E-state index contributed by atoms with van der Waals surface area (Å²) in [6.07, 6.45) is 8.87. The summed E-state index contributed by atoms with van der Waals surface area (Å²) in [5.41, 5.74) is 2.33. The SMILES string of the molecule is CCCCCc1ccc(/C=C/[C@H]2CC(F)(F)[C@@H](O)C[C@@H]2Cc2ccco2)cc1. The maximum atomic E-state index is 14.1. The van der Waals surface area contributed by atoms with Crippen LogP contribution in [0.25, 0.3) is 6.08 Å². The van der Waals surface area contributed by atoms with Gasteiger partial charge in [-0.3, -0.25) is 0 Å². The Morgan fingerprint density at radius 1 is 1.18 bits per heavy atom. The third-order valence-corrected chi connectivity index (χ3v) is 5.75. The van der Waals surface area contributed by atoms with Crippen LogP contribution in [0.2, 0.25) is 0 Å². The van der Waals surface area contributed by atoms with Crippen molar-refractivity contribution in [3.05, 3.63) is 65.6 Å². The van der Waals surface area contributed by atoms with E-state index in [9.17, 15) is 13.9 Å². The number of hydrogen-bond acceptors (Lipinski definition) is 2. The van der Waals surface area contributed by atoms with E-state index in [0.717, 1.165) is 17.7 Å². The molecule has 152 valence electrons. The van der Waals surface area contributed by atoms with Crippen molar-refractivity contribution < 1.29 is 18.3 Å². The first-order chi connectivity index (χ1) is 13.5. The van der Waals surface area contributed by atoms with Gasteiger partial charge in [0.1, 0.15) is 11.9 Å². The number of benzene rings is 1. The summed E-state index contributed by atoms with van der Waals surface area (Å²) < 4.78 is 33.6. The van der Waals surface area contributed by atoms with Crippen molar-refractivity contribution in [3.63, 3.8) is 0 Å². The highest BCUT2D eigenvalue weighted by Gasteiger charge is 2.47. The van der Waals surface area contributed by atoms with Crippen LogP contribution in [0.15, 0.2) is 53.2 Å². The first-order valence-corrected chi connectivity index (χ1v) is 10.3. The smallest absolute Gasteiger partial charge is 0.274 e. The molecule has 2 nitrogen and oxygen atoms in total. The molecule has 1 aliphatic rings. The van der Waals surface area contributed by atoms with Crippen LogP contribution in [-0.2, 0) is 12.8 Å². The fourth-order valence-electron chi connectivity index (χ4n) is 4.01. The first kappa shape index (κ1) is 20.8. The van der Waals surface area contributed by atoms with Gasteiger partial charge in [-0.05, 0) is 54.4 Å². The third kappa shape index (κ3) is 5.54. The number of aliphatic hydroxyl groups excluding tert-OH is 1. The van der Waals surface area contributed by atoms with Gasteiger partial charge in [0.2, 0.25) is 0 Å². The number of allylic oxidation sites excluding steroid dienone is 1. The average Bonchev–Trinajstić information content (AvgIpc) is 3.18. The summed E-state index contributed by atoms with van der Waals surface area (Å²) >= 11 is 0. The summed E-state index contributed by atoms with van der Waals surface area (Å²) in [6.45, 7) is 2.20. The van der Waals surface area contributed by atoms with Gasteiger partial charge in [-0.2, -0.15) is 0 Å². The Morgan fingerprint density at radius 3 is 2.64 bits per heavy atom. The van der Waals surface area contributed by atoms with Crippen LogP contribution in [0.5, 0.6) is 0 Å². The Hall–Kier alpha value is -1.94. The molecule has 1 saturated carbocycles. The minimum Gasteiger partial charge on any atom is -0.469 e. The Balaban J connectivity index is 1.67. The molecule has 0 unspecified atom stereocenters. The summed E-state index contributed by atoms with van der Waals surface area (Å²) in [7, 11) is 0. The van der Waals surface area contributed by atoms with E-state index in [1.165, 1.54) is 24.8 Å². The fraction of sp³-hybridized carbons (Fsp3) is 0.500. The maximum Gasteiger partial charge on any atom is 0.274 e. The van der Waals surface area contributed by atoms with Gasteiger partial charge in [0.05, 0.1) is 6.26 Å². The van der Waals surface area contributed by atoms with E-state index < -0.39 is 12.0 Å². The van der Waals surface area contributed by atoms with E-state index in [4.69, 9.17) is 4.42 Å². The number of hydrogen-bond donors (Lipinski definition) is 1. The molecule has 0 aliphatic heterocycles. The Kier molecular flexibility index (Phi) is 7.06. The highest BCUT2D eigenvalue weighted by molar-refractivity contribution is 5.50. The van der Waals surface area contributed by atoms with Crippen molar-refractivity contribution in [2.24, 2.45) is 11.8 Å². The summed E-state index contributed by atoms with van der Waals surface area (Å²) in [6, 6.07) is 12.0. The molecule has 2 aromatic rings. The minimum atomic E-state index is -3.04. The monoisotopic (exact) mass is 388 g/mol. The second-order valence-corrected chi connectivity index (χ2v) is 7.98. The van der Waals surface area contributed by atoms with Crippen LogP contribution in [0.3, 0.4) is 0 Å². The number of aliphatic hydroxyl groups is 1. The van der Waals surface area contributed by atoms with E-state index in [2.05, 4.69) is 31.2 Å². The predicted molar refractivity (Wildman–Crippen MR) is 108 cm³/mol. The lowest BCUT2D eigenvalue weighted by Gasteiger charge is -2.37. The van der Waals surface area contributed by atoms with E-state index in [-0.39, 0.29) is 24.7 Å². The molecule has 1 aromatic heterocycles. The van der Waals surface area contributed by atoms with Crippen molar-refractivity contribution in [2.45, 2.75) is 63.9 Å². The third-order valence-electron chi connectivity index (χ3n) is 5.75. The van der Waals surface area contributed by atoms with E-state index in [1.807, 2.05) is 18.2 Å². The molecular formula is C24H30F2O2. The zero-order valence-electron chi connectivity index (χ0n) is 16.5. The largest absolute Gasteiger partial charge is 0.469 e. The van der Waals surface area contributed by atoms with Crippen molar-refractivity contribution in [2.75, 3.05) is 0 Å². The molecule has 0 radical (unpaired) electrons. The lowest BCUT2D eigenvalue weighted by molar-refractivity contribution is -0.152. The van der Waals surface area contributed by atoms with Gasteiger partial charge in [-0.25, -0.2) is 8.78 Å². The van der Waals surface area contributed by atoms with Crippen LogP contribution < -0.4 is 0 Å². The molecule has 1 aliphatic carbocycles. The lowest BCUT2D eigenvalue weighted by Crippen LogP contribution is -2.44. The van der Waals surface area contributed by atoms with Crippen molar-refractivity contribution in [3.8, 4) is 0 Å². The Bertz CT molecular complexity index is 734. The minimum absolute atomic E-state index is 0.0645. The molecule has 1 N–H and O–H groups in total. The predicted octanol–water partition coefficient (Wildman–Crippen LogP) is 6.29. The molecule has 3 rings (SSSR count). The molecule has 1 aromatic carbocycles. The molecule has 0 saturated heterocycles. The molecule has 0 bridgehead atoms. The fourth-order valence-corrected chi connectivity index (χ4v) is 4.01. The van der Waals surface area contributed by atoms with Gasteiger partial charge in [0.15, 0.2) is 0 Å². The average molecular weight is 388 g/mol. The quantitative estimate of drug-likeness (QED) is 0.539. The van der Waals surface area contributed by atoms with Gasteiger partial charge >= 0.3 is 0 Å². The summed E-state index contributed by atoms with van der Waals surface area (Å²) in [5, 5.41) is 9.85. The second-order valence-electron chi connectivity index (χ2n) is 7.98. The molecule has 1 heterocycles. The normalized spacial score (nSPS) is 24.6. The molecule has 28 heavy (non-hydrogen) atoms. The van der Waals surface area contributed by atoms with Gasteiger partial charge in [-0.1, -0.05) is 56.2 Å². The van der Waals surface area contributed by atoms with Crippen LogP contribution in [0.4, 0.5) is 8.78 Å². The summed E-state index contributed by atoms with van der Waals surface area (Å²) in [4.78, 5) is 0. The number of alkyl halides is 2. The highest BCUT2D eigenvalue weighted by Crippen LogP contribution is 2.42. The summed E-state index contributed by atoms with van der Waals surface area (Å²) in [5.74, 6) is -2.63. The topological polar surface area (TPSA) is 33.4 Å². The molecule has 0 spiro atoms. The molecule has 1 fully saturated rings. The Morgan fingerprint density at radius 2 is 1.96 bits per heavy atom. The van der Waals surface area contributed by atoms with Gasteiger partial charge in [-0.15, -0.1) is 0 Å². The van der Waals surface area contributed by atoms with Crippen molar-refractivity contribution in [1.29, 1.82) is 0 Å². The molecular weight excluding hydrogens is 358 g/mol. The van der Waals surface area contributed by atoms with Crippen LogP contribution in [-0.4, -0.2) is 17.1 Å². The van der Waals surface area contributed by atoms with Crippen molar-refractivity contribution in [1.82, 2.24) is 0 Å². The van der Waals surface area contributed by atoms with Crippen LogP contribution >= 0.6 is 0 Å². The standard InChI is InChI=1S/C24H30F2O2/c1-2-3-4-6-18-8-10-19(11-9-18)12-13-20-17-24(25,26)23(27)16-21(20)15-22-7-5-14-28-22/h5,7-14,20-21,23,27H,2-4,6,15-17H2,1H3/b13-12+/t20-,21-,23-/m0/s1. The van der Waals surface area contributed by atoms with Gasteiger partial charge < -0.3 is 9.52 Å². The number of unbranched alkanes of at least 4 members (excludes halogenated alkanes) is 2. The van der Waals surface area contributed by atoms with E-state index >= 15 is 0 Å². The zero-order chi connectivity index (χ0) is 20.0. The van der Waals surface area contributed by atoms with Gasteiger partial charge in [0.25, 0.3) is 5.92 Å². The highest BCUT2D eigenvalue weighted by atomic mass is 19.3. The molecule has 3 atom stereocenters. The molecule has 0 amide bonds. The van der Waals surface area contributed by atoms with Gasteiger partial charge in [0, 0.05) is 12.8 Å². The number of halogens is 2. The van der Waals surface area contributed by atoms with Crippen LogP contribution in [0.1, 0.15) is 55.9 Å². The van der Waals surface area contributed by atoms with Crippen LogP contribution in [0, 0.1) is 11.8 Å². The Labute approximate surface area is 166 Å². The maximum absolute atomic E-state index is 14.1. The first-order valence-electron chi connectivity index (χ1n) is 10.3. The van der Waals surface area contributed by atoms with E-state index in [1.54, 1.807) is 12.3 Å². The zero-order valence-corrected chi connectivity index (χ0v) is 16.5. The van der Waals surface area contributed by atoms with E-state index in [0.29, 0.717) is 6.42 Å².